The number of rotatable bonds is 2. The van der Waals surface area contributed by atoms with Crippen LogP contribution in [-0.4, -0.2) is 22.6 Å². The Hall–Kier alpha value is -1.97. The van der Waals surface area contributed by atoms with Crippen LogP contribution in [0.3, 0.4) is 0 Å². The van der Waals surface area contributed by atoms with E-state index in [1.165, 1.54) is 12.8 Å². The molecule has 2 N–H and O–H groups in total. The number of nitrogens with zero attached hydrogens (tertiary/aromatic N) is 3. The van der Waals surface area contributed by atoms with Gasteiger partial charge in [-0.15, -0.1) is 0 Å². The van der Waals surface area contributed by atoms with Crippen molar-refractivity contribution < 1.29 is 0 Å². The van der Waals surface area contributed by atoms with Gasteiger partial charge in [-0.25, -0.2) is 4.98 Å². The predicted molar refractivity (Wildman–Crippen MR) is 90.4 cm³/mol. The van der Waals surface area contributed by atoms with Gasteiger partial charge < -0.3 is 15.2 Å². The molecule has 1 aromatic heterocycles. The molecule has 0 spiro atoms. The molecule has 3 rings (SSSR count). The maximum atomic E-state index is 6.12. The molecular weight excluding hydrogens is 260 g/mol. The van der Waals surface area contributed by atoms with Crippen LogP contribution in [-0.2, 0) is 7.05 Å². The molecular formula is C17H24N4. The molecule has 1 aliphatic heterocycles. The number of nitrogen functional groups attached to an aromatic ring is 1. The maximum Gasteiger partial charge on any atom is 0.206 e. The zero-order valence-corrected chi connectivity index (χ0v) is 13.2. The summed E-state index contributed by atoms with van der Waals surface area (Å²) in [6.45, 7) is 10.5. The average Bonchev–Trinajstić information content (AvgIpc) is 2.74. The van der Waals surface area contributed by atoms with E-state index < -0.39 is 0 Å². The van der Waals surface area contributed by atoms with Crippen LogP contribution in [0.15, 0.2) is 18.7 Å². The molecule has 21 heavy (non-hydrogen) atoms. The Morgan fingerprint density at radius 2 is 2.19 bits per heavy atom. The normalized spacial score (nSPS) is 19.2. The molecule has 4 heteroatoms. The van der Waals surface area contributed by atoms with Gasteiger partial charge in [-0.3, -0.25) is 0 Å². The van der Waals surface area contributed by atoms with Crippen LogP contribution in [0.2, 0.25) is 0 Å². The van der Waals surface area contributed by atoms with Crippen molar-refractivity contribution in [1.29, 1.82) is 0 Å². The number of nitrogens with two attached hydrogens (primary N) is 1. The molecule has 0 unspecified atom stereocenters. The fourth-order valence-corrected chi connectivity index (χ4v) is 3.27. The molecule has 2 heterocycles. The summed E-state index contributed by atoms with van der Waals surface area (Å²) in [5.41, 5.74) is 11.0. The summed E-state index contributed by atoms with van der Waals surface area (Å²) in [4.78, 5) is 7.20. The molecule has 0 saturated carbocycles. The average molecular weight is 284 g/mol. The third-order valence-corrected chi connectivity index (χ3v) is 4.43. The molecule has 1 aromatic carbocycles. The quantitative estimate of drug-likeness (QED) is 0.860. The minimum absolute atomic E-state index is 0.731. The summed E-state index contributed by atoms with van der Waals surface area (Å²) >= 11 is 0. The SMILES string of the molecule is C=C(C)c1cc2c(cc1N)nc(N1CCC[C@@H](C)C1)n2C. The fraction of sp³-hybridized carbons (Fsp3) is 0.471. The third-order valence-electron chi connectivity index (χ3n) is 4.43. The number of hydrogen-bond donors (Lipinski definition) is 1. The minimum Gasteiger partial charge on any atom is -0.398 e. The summed E-state index contributed by atoms with van der Waals surface area (Å²) in [6.07, 6.45) is 2.55. The Morgan fingerprint density at radius 3 is 2.86 bits per heavy atom. The molecule has 112 valence electrons. The number of allylic oxidation sites excluding steroid dienone is 1. The molecule has 0 radical (unpaired) electrons. The Balaban J connectivity index is 2.09. The van der Waals surface area contributed by atoms with Crippen LogP contribution in [0, 0.1) is 5.92 Å². The van der Waals surface area contributed by atoms with Crippen LogP contribution in [0.4, 0.5) is 11.6 Å². The molecule has 2 aromatic rings. The fourth-order valence-electron chi connectivity index (χ4n) is 3.27. The zero-order valence-electron chi connectivity index (χ0n) is 13.2. The number of anilines is 2. The summed E-state index contributed by atoms with van der Waals surface area (Å²) in [6, 6.07) is 4.08. The number of imidazole rings is 1. The number of benzene rings is 1. The smallest absolute Gasteiger partial charge is 0.206 e. The van der Waals surface area contributed by atoms with Crippen LogP contribution in [0.25, 0.3) is 16.6 Å². The predicted octanol–water partition coefficient (Wildman–Crippen LogP) is 3.42. The largest absolute Gasteiger partial charge is 0.398 e. The van der Waals surface area contributed by atoms with Gasteiger partial charge in [0.05, 0.1) is 11.0 Å². The topological polar surface area (TPSA) is 47.1 Å². The zero-order chi connectivity index (χ0) is 15.1. The van der Waals surface area contributed by atoms with Gasteiger partial charge in [0.2, 0.25) is 5.95 Å². The van der Waals surface area contributed by atoms with E-state index in [0.29, 0.717) is 0 Å². The second-order valence-corrected chi connectivity index (χ2v) is 6.37. The summed E-state index contributed by atoms with van der Waals surface area (Å²) in [5.74, 6) is 1.78. The first-order valence-electron chi connectivity index (χ1n) is 7.64. The highest BCUT2D eigenvalue weighted by Gasteiger charge is 2.21. The highest BCUT2D eigenvalue weighted by molar-refractivity contribution is 5.88. The number of piperidine rings is 1. The molecule has 0 bridgehead atoms. The first-order chi connectivity index (χ1) is 9.97. The van der Waals surface area contributed by atoms with Gasteiger partial charge in [0.25, 0.3) is 0 Å². The van der Waals surface area contributed by atoms with E-state index >= 15 is 0 Å². The van der Waals surface area contributed by atoms with Gasteiger partial charge in [0.1, 0.15) is 0 Å². The second kappa shape index (κ2) is 5.10. The van der Waals surface area contributed by atoms with Crippen LogP contribution in [0.5, 0.6) is 0 Å². The van der Waals surface area contributed by atoms with Crippen LogP contribution < -0.4 is 10.6 Å². The van der Waals surface area contributed by atoms with E-state index in [4.69, 9.17) is 10.7 Å². The van der Waals surface area contributed by atoms with Gasteiger partial charge >= 0.3 is 0 Å². The standard InChI is InChI=1S/C17H24N4/c1-11(2)13-8-16-15(9-14(13)18)19-17(20(16)4)21-7-5-6-12(3)10-21/h8-9,12H,1,5-7,10,18H2,2-4H3/t12-/m1/s1. The van der Waals surface area contributed by atoms with Crippen molar-refractivity contribution in [2.24, 2.45) is 13.0 Å². The van der Waals surface area contributed by atoms with E-state index in [2.05, 4.69) is 36.1 Å². The summed E-state index contributed by atoms with van der Waals surface area (Å²) < 4.78 is 2.18. The lowest BCUT2D eigenvalue weighted by molar-refractivity contribution is 0.440. The van der Waals surface area contributed by atoms with Crippen molar-refractivity contribution in [1.82, 2.24) is 9.55 Å². The van der Waals surface area contributed by atoms with Crippen molar-refractivity contribution in [2.45, 2.75) is 26.7 Å². The Kier molecular flexibility index (Phi) is 3.40. The number of aryl methyl sites for hydroxylation is 1. The van der Waals surface area contributed by atoms with Gasteiger partial charge in [0.15, 0.2) is 0 Å². The Morgan fingerprint density at radius 1 is 1.43 bits per heavy atom. The lowest BCUT2D eigenvalue weighted by Crippen LogP contribution is -2.35. The second-order valence-electron chi connectivity index (χ2n) is 6.37. The van der Waals surface area contributed by atoms with E-state index in [-0.39, 0.29) is 0 Å². The molecule has 4 nitrogen and oxygen atoms in total. The Labute approximate surface area is 126 Å². The van der Waals surface area contributed by atoms with Crippen molar-refractivity contribution in [3.63, 3.8) is 0 Å². The Bertz CT molecular complexity index is 698. The lowest BCUT2D eigenvalue weighted by Gasteiger charge is -2.31. The van der Waals surface area contributed by atoms with E-state index in [1.807, 2.05) is 13.0 Å². The van der Waals surface area contributed by atoms with Gasteiger partial charge in [-0.05, 0) is 43.4 Å². The summed E-state index contributed by atoms with van der Waals surface area (Å²) in [7, 11) is 2.09. The van der Waals surface area contributed by atoms with Gasteiger partial charge in [-0.1, -0.05) is 13.5 Å². The highest BCUT2D eigenvalue weighted by Crippen LogP contribution is 2.30. The molecule has 1 fully saturated rings. The number of aromatic nitrogens is 2. The van der Waals surface area contributed by atoms with E-state index in [1.54, 1.807) is 0 Å². The molecule has 1 atom stereocenters. The summed E-state index contributed by atoms with van der Waals surface area (Å²) in [5, 5.41) is 0. The van der Waals surface area contributed by atoms with Crippen molar-refractivity contribution in [2.75, 3.05) is 23.7 Å². The molecule has 0 amide bonds. The maximum absolute atomic E-state index is 6.12. The van der Waals surface area contributed by atoms with Gasteiger partial charge in [0, 0.05) is 31.4 Å². The highest BCUT2D eigenvalue weighted by atomic mass is 15.3. The van der Waals surface area contributed by atoms with Crippen LogP contribution >= 0.6 is 0 Å². The van der Waals surface area contributed by atoms with Gasteiger partial charge in [-0.2, -0.15) is 0 Å². The monoisotopic (exact) mass is 284 g/mol. The van der Waals surface area contributed by atoms with E-state index in [9.17, 15) is 0 Å². The first kappa shape index (κ1) is 14.0. The van der Waals surface area contributed by atoms with Crippen molar-refractivity contribution >= 4 is 28.2 Å². The number of hydrogen-bond acceptors (Lipinski definition) is 3. The lowest BCUT2D eigenvalue weighted by atomic mass is 10.0. The number of fused-ring (bicyclic) bond motifs is 1. The molecule has 0 aliphatic carbocycles. The minimum atomic E-state index is 0.731. The first-order valence-corrected chi connectivity index (χ1v) is 7.64. The molecule has 1 aliphatic rings. The van der Waals surface area contributed by atoms with Crippen LogP contribution in [0.1, 0.15) is 32.3 Å². The van der Waals surface area contributed by atoms with E-state index in [0.717, 1.165) is 52.8 Å². The third kappa shape index (κ3) is 2.39. The molecule has 1 saturated heterocycles. The van der Waals surface area contributed by atoms with Crippen molar-refractivity contribution in [3.05, 3.63) is 24.3 Å². The van der Waals surface area contributed by atoms with Crippen molar-refractivity contribution in [3.8, 4) is 0 Å².